The Labute approximate surface area is 175 Å². The quantitative estimate of drug-likeness (QED) is 0.327. The minimum Gasteiger partial charge on any atom is -0.465 e. The number of benzene rings is 2. The van der Waals surface area contributed by atoms with Crippen LogP contribution in [0.3, 0.4) is 0 Å². The SMILES string of the molecule is O=C(CCCCCN(CCc1ccccc1Cl)C(=O)O)c1c[nH]c2ccccc12. The van der Waals surface area contributed by atoms with E-state index in [0.29, 0.717) is 31.0 Å². The van der Waals surface area contributed by atoms with Crippen LogP contribution in [0.25, 0.3) is 10.9 Å². The van der Waals surface area contributed by atoms with Crippen LogP contribution in [-0.4, -0.2) is 40.0 Å². The zero-order valence-electron chi connectivity index (χ0n) is 16.2. The third-order valence-electron chi connectivity index (χ3n) is 5.10. The first-order chi connectivity index (χ1) is 14.1. The van der Waals surface area contributed by atoms with Gasteiger partial charge in [0.15, 0.2) is 5.78 Å². The van der Waals surface area contributed by atoms with E-state index in [0.717, 1.165) is 41.3 Å². The molecular formula is C23H25ClN2O3. The van der Waals surface area contributed by atoms with Crippen molar-refractivity contribution < 1.29 is 14.7 Å². The number of nitrogens with zero attached hydrogens (tertiary/aromatic N) is 1. The number of hydrogen-bond donors (Lipinski definition) is 2. The summed E-state index contributed by atoms with van der Waals surface area (Å²) in [4.78, 5) is 28.5. The smallest absolute Gasteiger partial charge is 0.407 e. The lowest BCUT2D eigenvalue weighted by Crippen LogP contribution is -2.32. The number of amides is 1. The number of carbonyl (C=O) groups is 2. The summed E-state index contributed by atoms with van der Waals surface area (Å²) in [6.45, 7) is 0.869. The molecule has 0 aliphatic rings. The van der Waals surface area contributed by atoms with Gasteiger partial charge in [0.25, 0.3) is 0 Å². The Kier molecular flexibility index (Phi) is 7.30. The zero-order chi connectivity index (χ0) is 20.6. The average Bonchev–Trinajstić information content (AvgIpc) is 3.15. The minimum absolute atomic E-state index is 0.122. The van der Waals surface area contributed by atoms with E-state index < -0.39 is 6.09 Å². The van der Waals surface area contributed by atoms with Crippen LogP contribution in [0.2, 0.25) is 5.02 Å². The number of carboxylic acid groups (broad SMARTS) is 1. The molecule has 0 radical (unpaired) electrons. The molecule has 2 N–H and O–H groups in total. The van der Waals surface area contributed by atoms with Crippen LogP contribution >= 0.6 is 11.6 Å². The Morgan fingerprint density at radius 1 is 0.966 bits per heavy atom. The van der Waals surface area contributed by atoms with Crippen molar-refractivity contribution in [2.75, 3.05) is 13.1 Å². The second kappa shape index (κ2) is 10.1. The van der Waals surface area contributed by atoms with Gasteiger partial charge in [-0.15, -0.1) is 0 Å². The largest absolute Gasteiger partial charge is 0.465 e. The molecule has 152 valence electrons. The first-order valence-electron chi connectivity index (χ1n) is 9.87. The highest BCUT2D eigenvalue weighted by Gasteiger charge is 2.14. The van der Waals surface area contributed by atoms with Crippen molar-refractivity contribution in [3.05, 3.63) is 70.9 Å². The number of fused-ring (bicyclic) bond motifs is 1. The zero-order valence-corrected chi connectivity index (χ0v) is 17.0. The van der Waals surface area contributed by atoms with Gasteiger partial charge in [-0.25, -0.2) is 4.79 Å². The fourth-order valence-electron chi connectivity index (χ4n) is 3.46. The van der Waals surface area contributed by atoms with E-state index in [9.17, 15) is 14.7 Å². The summed E-state index contributed by atoms with van der Waals surface area (Å²) in [5.74, 6) is 0.122. The lowest BCUT2D eigenvalue weighted by molar-refractivity contribution is 0.0979. The van der Waals surface area contributed by atoms with E-state index >= 15 is 0 Å². The van der Waals surface area contributed by atoms with Crippen molar-refractivity contribution in [2.24, 2.45) is 0 Å². The maximum atomic E-state index is 12.5. The lowest BCUT2D eigenvalue weighted by atomic mass is 10.0. The van der Waals surface area contributed by atoms with Crippen LogP contribution in [-0.2, 0) is 6.42 Å². The van der Waals surface area contributed by atoms with Gasteiger partial charge in [0.2, 0.25) is 0 Å². The van der Waals surface area contributed by atoms with Crippen molar-refractivity contribution in [3.8, 4) is 0 Å². The second-order valence-corrected chi connectivity index (χ2v) is 7.50. The van der Waals surface area contributed by atoms with Crippen LogP contribution in [0.5, 0.6) is 0 Å². The Balaban J connectivity index is 1.41. The number of hydrogen-bond acceptors (Lipinski definition) is 2. The fraction of sp³-hybridized carbons (Fsp3) is 0.304. The summed E-state index contributed by atoms with van der Waals surface area (Å²) in [6.07, 6.45) is 4.19. The number of aromatic amines is 1. The Bertz CT molecular complexity index is 983. The lowest BCUT2D eigenvalue weighted by Gasteiger charge is -2.19. The number of nitrogens with one attached hydrogen (secondary N) is 1. The number of H-pyrrole nitrogens is 1. The van der Waals surface area contributed by atoms with Gasteiger partial charge in [0.05, 0.1) is 0 Å². The summed E-state index contributed by atoms with van der Waals surface area (Å²) in [7, 11) is 0. The van der Waals surface area contributed by atoms with Crippen molar-refractivity contribution in [1.29, 1.82) is 0 Å². The van der Waals surface area contributed by atoms with Gasteiger partial charge in [-0.05, 0) is 37.0 Å². The molecule has 3 aromatic rings. The molecule has 0 saturated heterocycles. The topological polar surface area (TPSA) is 73.4 Å². The molecule has 0 aliphatic heterocycles. The van der Waals surface area contributed by atoms with Crippen LogP contribution in [0.15, 0.2) is 54.7 Å². The molecule has 0 fully saturated rings. The fourth-order valence-corrected chi connectivity index (χ4v) is 3.69. The molecule has 1 aromatic heterocycles. The van der Waals surface area contributed by atoms with E-state index in [-0.39, 0.29) is 5.78 Å². The monoisotopic (exact) mass is 412 g/mol. The van der Waals surface area contributed by atoms with E-state index in [4.69, 9.17) is 11.6 Å². The molecule has 1 amide bonds. The highest BCUT2D eigenvalue weighted by Crippen LogP contribution is 2.20. The summed E-state index contributed by atoms with van der Waals surface area (Å²) in [5, 5.41) is 11.0. The first-order valence-corrected chi connectivity index (χ1v) is 10.2. The number of Topliss-reactive ketones (excluding diaryl/α,β-unsaturated/α-hetero) is 1. The molecular weight excluding hydrogens is 388 g/mol. The van der Waals surface area contributed by atoms with Gasteiger partial charge in [-0.3, -0.25) is 4.79 Å². The molecule has 2 aromatic carbocycles. The molecule has 6 heteroatoms. The number of rotatable bonds is 10. The van der Waals surface area contributed by atoms with Crippen LogP contribution < -0.4 is 0 Å². The molecule has 3 rings (SSSR count). The van der Waals surface area contributed by atoms with Gasteiger partial charge < -0.3 is 15.0 Å². The van der Waals surface area contributed by atoms with E-state index in [1.54, 1.807) is 6.20 Å². The summed E-state index contributed by atoms with van der Waals surface area (Å²) < 4.78 is 0. The van der Waals surface area contributed by atoms with Crippen molar-refractivity contribution in [1.82, 2.24) is 9.88 Å². The predicted molar refractivity (Wildman–Crippen MR) is 116 cm³/mol. The minimum atomic E-state index is -0.924. The number of unbranched alkanes of at least 4 members (excludes halogenated alkanes) is 2. The first kappa shape index (κ1) is 20.9. The van der Waals surface area contributed by atoms with Gasteiger partial charge in [-0.1, -0.05) is 54.4 Å². The summed E-state index contributed by atoms with van der Waals surface area (Å²) in [5.41, 5.74) is 2.64. The van der Waals surface area contributed by atoms with Crippen molar-refractivity contribution >= 4 is 34.4 Å². The summed E-state index contributed by atoms with van der Waals surface area (Å²) in [6, 6.07) is 15.3. The van der Waals surface area contributed by atoms with Crippen LogP contribution in [0.4, 0.5) is 4.79 Å². The standard InChI is InChI=1S/C23H25ClN2O3/c24-20-10-5-3-8-17(20)13-15-26(23(28)29)14-7-1-2-12-22(27)19-16-25-21-11-6-4-9-18(19)21/h3-6,8-11,16,25H,1-2,7,12-15H2,(H,28,29). The third kappa shape index (κ3) is 5.61. The number of carbonyl (C=O) groups excluding carboxylic acids is 1. The van der Waals surface area contributed by atoms with Crippen molar-refractivity contribution in [2.45, 2.75) is 32.1 Å². The van der Waals surface area contributed by atoms with Gasteiger partial charge in [-0.2, -0.15) is 0 Å². The molecule has 29 heavy (non-hydrogen) atoms. The number of aromatic nitrogens is 1. The summed E-state index contributed by atoms with van der Waals surface area (Å²) >= 11 is 6.14. The van der Waals surface area contributed by atoms with E-state index in [2.05, 4.69) is 4.98 Å². The highest BCUT2D eigenvalue weighted by molar-refractivity contribution is 6.31. The van der Waals surface area contributed by atoms with E-state index in [1.807, 2.05) is 48.5 Å². The molecule has 0 unspecified atom stereocenters. The normalized spacial score (nSPS) is 10.9. The van der Waals surface area contributed by atoms with Gasteiger partial charge in [0.1, 0.15) is 0 Å². The van der Waals surface area contributed by atoms with Gasteiger partial charge >= 0.3 is 6.09 Å². The maximum Gasteiger partial charge on any atom is 0.407 e. The predicted octanol–water partition coefficient (Wildman–Crippen LogP) is 5.79. The van der Waals surface area contributed by atoms with Gasteiger partial charge in [0, 0.05) is 47.2 Å². The Morgan fingerprint density at radius 3 is 2.52 bits per heavy atom. The number of halogens is 1. The molecule has 5 nitrogen and oxygen atoms in total. The van der Waals surface area contributed by atoms with E-state index in [1.165, 1.54) is 4.90 Å². The average molecular weight is 413 g/mol. The highest BCUT2D eigenvalue weighted by atomic mass is 35.5. The van der Waals surface area contributed by atoms with Crippen LogP contribution in [0, 0.1) is 0 Å². The molecule has 1 heterocycles. The molecule has 0 atom stereocenters. The number of para-hydroxylation sites is 1. The maximum absolute atomic E-state index is 12.5. The van der Waals surface area contributed by atoms with Crippen molar-refractivity contribution in [3.63, 3.8) is 0 Å². The molecule has 0 saturated carbocycles. The number of ketones is 1. The second-order valence-electron chi connectivity index (χ2n) is 7.09. The molecule has 0 bridgehead atoms. The third-order valence-corrected chi connectivity index (χ3v) is 5.47. The molecule has 0 spiro atoms. The Hall–Kier alpha value is -2.79. The molecule has 0 aliphatic carbocycles. The Morgan fingerprint density at radius 2 is 1.72 bits per heavy atom. The van der Waals surface area contributed by atoms with Crippen LogP contribution in [0.1, 0.15) is 41.6 Å².